The van der Waals surface area contributed by atoms with Crippen molar-refractivity contribution in [3.63, 3.8) is 0 Å². The van der Waals surface area contributed by atoms with Crippen LogP contribution in [-0.2, 0) is 4.79 Å². The molecule has 1 aromatic rings. The minimum Gasteiger partial charge on any atom is -0.493 e. The molecule has 0 amide bonds. The van der Waals surface area contributed by atoms with Crippen molar-refractivity contribution in [3.8, 4) is 5.75 Å². The van der Waals surface area contributed by atoms with Crippen LogP contribution in [0.25, 0.3) is 0 Å². The molecule has 1 aliphatic heterocycles. The lowest BCUT2D eigenvalue weighted by atomic mass is 9.90. The van der Waals surface area contributed by atoms with E-state index < -0.39 is 5.97 Å². The van der Waals surface area contributed by atoms with E-state index in [-0.39, 0.29) is 6.54 Å². The second kappa shape index (κ2) is 6.81. The van der Waals surface area contributed by atoms with Crippen molar-refractivity contribution in [1.29, 1.82) is 0 Å². The summed E-state index contributed by atoms with van der Waals surface area (Å²) >= 11 is 3.53. The number of ether oxygens (including phenoxy) is 1. The van der Waals surface area contributed by atoms with Crippen LogP contribution in [0.4, 0.5) is 0 Å². The van der Waals surface area contributed by atoms with E-state index in [0.717, 1.165) is 60.7 Å². The van der Waals surface area contributed by atoms with Crippen LogP contribution in [0, 0.1) is 18.3 Å². The van der Waals surface area contributed by atoms with Crippen LogP contribution in [-0.4, -0.2) is 42.2 Å². The van der Waals surface area contributed by atoms with Crippen molar-refractivity contribution >= 4 is 21.9 Å². The maximum atomic E-state index is 10.8. The summed E-state index contributed by atoms with van der Waals surface area (Å²) in [6.45, 7) is 4.87. The maximum absolute atomic E-state index is 10.8. The molecule has 1 saturated heterocycles. The van der Waals surface area contributed by atoms with Gasteiger partial charge in [-0.25, -0.2) is 0 Å². The van der Waals surface area contributed by atoms with Gasteiger partial charge >= 0.3 is 5.97 Å². The first-order chi connectivity index (χ1) is 11.0. The van der Waals surface area contributed by atoms with Gasteiger partial charge in [0, 0.05) is 10.0 Å². The quantitative estimate of drug-likeness (QED) is 0.815. The fourth-order valence-corrected chi connectivity index (χ4v) is 4.20. The number of carboxylic acids is 1. The lowest BCUT2D eigenvalue weighted by Gasteiger charge is -2.31. The van der Waals surface area contributed by atoms with Crippen molar-refractivity contribution in [2.45, 2.75) is 32.6 Å². The van der Waals surface area contributed by atoms with Crippen molar-refractivity contribution in [2.24, 2.45) is 11.3 Å². The Labute approximate surface area is 145 Å². The Morgan fingerprint density at radius 3 is 2.87 bits per heavy atom. The van der Waals surface area contributed by atoms with Crippen LogP contribution in [0.2, 0.25) is 0 Å². The number of likely N-dealkylation sites (tertiary alicyclic amines) is 1. The van der Waals surface area contributed by atoms with Gasteiger partial charge in [-0.3, -0.25) is 9.69 Å². The van der Waals surface area contributed by atoms with E-state index in [1.165, 1.54) is 6.42 Å². The molecule has 3 rings (SSSR count). The molecule has 2 fully saturated rings. The molecular formula is C18H24BrNO3. The Balaban J connectivity index is 1.42. The Bertz CT molecular complexity index is 582. The third kappa shape index (κ3) is 3.89. The van der Waals surface area contributed by atoms with Crippen LogP contribution >= 0.6 is 15.9 Å². The minimum atomic E-state index is -0.717. The van der Waals surface area contributed by atoms with Crippen LogP contribution in [0.3, 0.4) is 0 Å². The number of aliphatic carboxylic acids is 1. The fourth-order valence-electron chi connectivity index (χ4n) is 3.86. The largest absolute Gasteiger partial charge is 0.493 e. The van der Waals surface area contributed by atoms with E-state index in [2.05, 4.69) is 27.8 Å². The first-order valence-corrected chi connectivity index (χ1v) is 9.11. The number of piperidine rings is 1. The molecular weight excluding hydrogens is 358 g/mol. The summed E-state index contributed by atoms with van der Waals surface area (Å²) in [6, 6.07) is 6.05. The molecule has 0 radical (unpaired) electrons. The molecule has 1 saturated carbocycles. The van der Waals surface area contributed by atoms with Gasteiger partial charge in [-0.1, -0.05) is 22.0 Å². The highest BCUT2D eigenvalue weighted by atomic mass is 79.9. The smallest absolute Gasteiger partial charge is 0.317 e. The van der Waals surface area contributed by atoms with Crippen LogP contribution in [0.1, 0.15) is 31.2 Å². The summed E-state index contributed by atoms with van der Waals surface area (Å²) in [4.78, 5) is 12.8. The van der Waals surface area contributed by atoms with Crippen molar-refractivity contribution in [2.75, 3.05) is 26.2 Å². The molecule has 1 aromatic carbocycles. The summed E-state index contributed by atoms with van der Waals surface area (Å²) in [6.07, 6.45) is 4.67. The molecule has 4 nitrogen and oxygen atoms in total. The summed E-state index contributed by atoms with van der Waals surface area (Å²) in [5.74, 6) is 0.998. The van der Waals surface area contributed by atoms with Gasteiger partial charge in [0.25, 0.3) is 0 Å². The van der Waals surface area contributed by atoms with Crippen molar-refractivity contribution in [1.82, 2.24) is 4.90 Å². The molecule has 0 unspecified atom stereocenters. The Morgan fingerprint density at radius 2 is 2.17 bits per heavy atom. The van der Waals surface area contributed by atoms with Crippen molar-refractivity contribution < 1.29 is 14.6 Å². The summed E-state index contributed by atoms with van der Waals surface area (Å²) in [7, 11) is 0. The van der Waals surface area contributed by atoms with Crippen LogP contribution in [0.5, 0.6) is 5.75 Å². The normalized spacial score (nSPS) is 23.0. The first kappa shape index (κ1) is 16.8. The predicted molar refractivity (Wildman–Crippen MR) is 92.8 cm³/mol. The van der Waals surface area contributed by atoms with Gasteiger partial charge in [0.05, 0.1) is 13.2 Å². The molecule has 1 aliphatic carbocycles. The molecule has 1 N–H and O–H groups in total. The molecule has 126 valence electrons. The Morgan fingerprint density at radius 1 is 1.43 bits per heavy atom. The number of halogens is 1. The molecule has 2 aliphatic rings. The predicted octanol–water partition coefficient (Wildman–Crippen LogP) is 3.71. The maximum Gasteiger partial charge on any atom is 0.317 e. The summed E-state index contributed by atoms with van der Waals surface area (Å²) in [5, 5.41) is 8.87. The number of carboxylic acid groups (broad SMARTS) is 1. The summed E-state index contributed by atoms with van der Waals surface area (Å²) < 4.78 is 7.04. The van der Waals surface area contributed by atoms with Crippen molar-refractivity contribution in [3.05, 3.63) is 28.2 Å². The highest BCUT2D eigenvalue weighted by Gasteiger charge is 2.54. The second-order valence-electron chi connectivity index (χ2n) is 6.93. The first-order valence-electron chi connectivity index (χ1n) is 8.32. The lowest BCUT2D eigenvalue weighted by molar-refractivity contribution is -0.138. The van der Waals surface area contributed by atoms with Crippen LogP contribution < -0.4 is 4.74 Å². The van der Waals surface area contributed by atoms with Gasteiger partial charge in [-0.15, -0.1) is 0 Å². The standard InChI is InChI=1S/C18H24BrNO3/c1-13-15(19)3-2-4-16(13)23-10-5-14-11-18(14)6-8-20(9-7-18)12-17(21)22/h2-4,14H,5-12H2,1H3,(H,21,22)/t14-/m0/s1. The van der Waals surface area contributed by atoms with E-state index in [1.807, 2.05) is 18.2 Å². The zero-order valence-electron chi connectivity index (χ0n) is 13.6. The SMILES string of the molecule is Cc1c(Br)cccc1OCC[C@H]1CC12CCN(CC(=O)O)CC2. The average Bonchev–Trinajstić information content (AvgIpc) is 3.18. The number of benzene rings is 1. The molecule has 1 atom stereocenters. The van der Waals surface area contributed by atoms with E-state index in [9.17, 15) is 4.79 Å². The molecule has 0 bridgehead atoms. The lowest BCUT2D eigenvalue weighted by Crippen LogP contribution is -2.38. The van der Waals surface area contributed by atoms with E-state index >= 15 is 0 Å². The van der Waals surface area contributed by atoms with Gasteiger partial charge in [0.1, 0.15) is 5.75 Å². The minimum absolute atomic E-state index is 0.187. The van der Waals surface area contributed by atoms with Gasteiger partial charge in [0.15, 0.2) is 0 Å². The number of rotatable bonds is 6. The highest BCUT2D eigenvalue weighted by molar-refractivity contribution is 9.10. The number of carbonyl (C=O) groups is 1. The van der Waals surface area contributed by atoms with Gasteiger partial charge in [0.2, 0.25) is 0 Å². The topological polar surface area (TPSA) is 49.8 Å². The number of nitrogens with zero attached hydrogens (tertiary/aromatic N) is 1. The van der Waals surface area contributed by atoms with E-state index in [1.54, 1.807) is 0 Å². The van der Waals surface area contributed by atoms with Gasteiger partial charge in [-0.05, 0) is 69.2 Å². The molecule has 1 heterocycles. The average molecular weight is 382 g/mol. The zero-order chi connectivity index (χ0) is 16.4. The van der Waals surface area contributed by atoms with Crippen LogP contribution in [0.15, 0.2) is 22.7 Å². The molecule has 1 spiro atoms. The third-order valence-electron chi connectivity index (χ3n) is 5.51. The summed E-state index contributed by atoms with van der Waals surface area (Å²) in [5.41, 5.74) is 1.63. The van der Waals surface area contributed by atoms with Gasteiger partial charge < -0.3 is 9.84 Å². The number of hydrogen-bond acceptors (Lipinski definition) is 3. The number of hydrogen-bond donors (Lipinski definition) is 1. The monoisotopic (exact) mass is 381 g/mol. The Kier molecular flexibility index (Phi) is 4.97. The molecule has 5 heteroatoms. The zero-order valence-corrected chi connectivity index (χ0v) is 15.1. The highest BCUT2D eigenvalue weighted by Crippen LogP contribution is 2.60. The molecule has 23 heavy (non-hydrogen) atoms. The van der Waals surface area contributed by atoms with E-state index in [0.29, 0.717) is 5.41 Å². The molecule has 0 aromatic heterocycles. The second-order valence-corrected chi connectivity index (χ2v) is 7.79. The van der Waals surface area contributed by atoms with Gasteiger partial charge in [-0.2, -0.15) is 0 Å². The fraction of sp³-hybridized carbons (Fsp3) is 0.611. The Hall–Kier alpha value is -1.07. The third-order valence-corrected chi connectivity index (χ3v) is 6.37. The van der Waals surface area contributed by atoms with E-state index in [4.69, 9.17) is 9.84 Å².